The van der Waals surface area contributed by atoms with E-state index in [1.165, 1.54) is 12.1 Å². The molecule has 1 heterocycles. The van der Waals surface area contributed by atoms with Gasteiger partial charge in [-0.15, -0.1) is 0 Å². The number of carbonyl (C=O) groups is 2. The minimum Gasteiger partial charge on any atom is -0.481 e. The monoisotopic (exact) mass is 238 g/mol. The Morgan fingerprint density at radius 1 is 1.53 bits per heavy atom. The summed E-state index contributed by atoms with van der Waals surface area (Å²) < 4.78 is 13.6. The molecular formula is C11H11FN2O3. The van der Waals surface area contributed by atoms with E-state index in [9.17, 15) is 14.0 Å². The van der Waals surface area contributed by atoms with Crippen molar-refractivity contribution in [1.82, 2.24) is 0 Å². The number of carbonyl (C=O) groups excluding carboxylic acids is 1. The number of carboxylic acids is 1. The van der Waals surface area contributed by atoms with Crippen LogP contribution in [0.4, 0.5) is 15.8 Å². The topological polar surface area (TPSA) is 83.6 Å². The molecular weight excluding hydrogens is 227 g/mol. The highest BCUT2D eigenvalue weighted by Gasteiger charge is 2.36. The predicted molar refractivity (Wildman–Crippen MR) is 58.9 cm³/mol. The Balaban J connectivity index is 2.29. The molecule has 6 heteroatoms. The first-order valence-electron chi connectivity index (χ1n) is 5.07. The number of rotatable bonds is 2. The van der Waals surface area contributed by atoms with Gasteiger partial charge in [0.25, 0.3) is 0 Å². The molecule has 0 bridgehead atoms. The Morgan fingerprint density at radius 3 is 2.76 bits per heavy atom. The van der Waals surface area contributed by atoms with E-state index in [1.54, 1.807) is 0 Å². The van der Waals surface area contributed by atoms with E-state index in [-0.39, 0.29) is 30.2 Å². The summed E-state index contributed by atoms with van der Waals surface area (Å²) in [5, 5.41) is 8.82. The van der Waals surface area contributed by atoms with Crippen LogP contribution in [0.2, 0.25) is 0 Å². The summed E-state index contributed by atoms with van der Waals surface area (Å²) in [7, 11) is 0. The first-order chi connectivity index (χ1) is 7.99. The zero-order valence-electron chi connectivity index (χ0n) is 8.89. The third kappa shape index (κ3) is 2.06. The predicted octanol–water partition coefficient (Wildman–Crippen LogP) is 0.845. The van der Waals surface area contributed by atoms with Gasteiger partial charge in [-0.1, -0.05) is 0 Å². The molecule has 0 aliphatic carbocycles. The van der Waals surface area contributed by atoms with E-state index in [4.69, 9.17) is 10.8 Å². The molecule has 0 saturated carbocycles. The average Bonchev–Trinajstić information content (AvgIpc) is 2.61. The SMILES string of the molecule is Nc1ccc(N2CC(C(=O)O)CC2=O)c(F)c1. The van der Waals surface area contributed by atoms with Crippen molar-refractivity contribution in [3.05, 3.63) is 24.0 Å². The van der Waals surface area contributed by atoms with Crippen LogP contribution in [0.15, 0.2) is 18.2 Å². The van der Waals surface area contributed by atoms with Crippen molar-refractivity contribution >= 4 is 23.3 Å². The maximum Gasteiger partial charge on any atom is 0.308 e. The van der Waals surface area contributed by atoms with Crippen LogP contribution >= 0.6 is 0 Å². The summed E-state index contributed by atoms with van der Waals surface area (Å²) in [5.41, 5.74) is 5.73. The van der Waals surface area contributed by atoms with Crippen LogP contribution in [-0.2, 0) is 9.59 Å². The summed E-state index contributed by atoms with van der Waals surface area (Å²) in [6.45, 7) is -0.00496. The molecule has 5 nitrogen and oxygen atoms in total. The largest absolute Gasteiger partial charge is 0.481 e. The second kappa shape index (κ2) is 4.04. The summed E-state index contributed by atoms with van der Waals surface area (Å²) in [6, 6.07) is 3.96. The van der Waals surface area contributed by atoms with Crippen molar-refractivity contribution in [2.45, 2.75) is 6.42 Å². The van der Waals surface area contributed by atoms with Crippen molar-refractivity contribution in [3.63, 3.8) is 0 Å². The fourth-order valence-corrected chi connectivity index (χ4v) is 1.85. The van der Waals surface area contributed by atoms with Crippen molar-refractivity contribution in [2.24, 2.45) is 5.92 Å². The third-order valence-electron chi connectivity index (χ3n) is 2.74. The van der Waals surface area contributed by atoms with Crippen molar-refractivity contribution in [3.8, 4) is 0 Å². The number of halogens is 1. The molecule has 1 fully saturated rings. The van der Waals surface area contributed by atoms with E-state index >= 15 is 0 Å². The highest BCUT2D eigenvalue weighted by atomic mass is 19.1. The fourth-order valence-electron chi connectivity index (χ4n) is 1.85. The maximum atomic E-state index is 13.6. The second-order valence-corrected chi connectivity index (χ2v) is 3.95. The van der Waals surface area contributed by atoms with Gasteiger partial charge in [-0.3, -0.25) is 9.59 Å². The van der Waals surface area contributed by atoms with E-state index in [0.29, 0.717) is 0 Å². The number of nitrogen functional groups attached to an aromatic ring is 1. The molecule has 2 rings (SSSR count). The van der Waals surface area contributed by atoms with Crippen molar-refractivity contribution < 1.29 is 19.1 Å². The second-order valence-electron chi connectivity index (χ2n) is 3.95. The van der Waals surface area contributed by atoms with Gasteiger partial charge in [-0.2, -0.15) is 0 Å². The van der Waals surface area contributed by atoms with Gasteiger partial charge in [-0.05, 0) is 18.2 Å². The Labute approximate surface area is 96.6 Å². The molecule has 1 amide bonds. The van der Waals surface area contributed by atoms with Crippen LogP contribution in [0, 0.1) is 11.7 Å². The van der Waals surface area contributed by atoms with Gasteiger partial charge in [0.15, 0.2) is 0 Å². The van der Waals surface area contributed by atoms with E-state index < -0.39 is 17.7 Å². The first kappa shape index (κ1) is 11.4. The van der Waals surface area contributed by atoms with Gasteiger partial charge in [0.1, 0.15) is 5.82 Å². The summed E-state index contributed by atoms with van der Waals surface area (Å²) >= 11 is 0. The minimum atomic E-state index is -1.04. The molecule has 90 valence electrons. The highest BCUT2D eigenvalue weighted by Crippen LogP contribution is 2.28. The maximum absolute atomic E-state index is 13.6. The molecule has 0 aromatic heterocycles. The van der Waals surface area contributed by atoms with Gasteiger partial charge in [0, 0.05) is 18.7 Å². The van der Waals surface area contributed by atoms with Crippen LogP contribution < -0.4 is 10.6 Å². The van der Waals surface area contributed by atoms with Crippen LogP contribution in [-0.4, -0.2) is 23.5 Å². The van der Waals surface area contributed by atoms with E-state index in [1.807, 2.05) is 0 Å². The van der Waals surface area contributed by atoms with Gasteiger partial charge in [-0.25, -0.2) is 4.39 Å². The van der Waals surface area contributed by atoms with Crippen LogP contribution in [0.3, 0.4) is 0 Å². The Bertz CT molecular complexity index is 490. The molecule has 1 saturated heterocycles. The minimum absolute atomic E-state index is 0.00496. The lowest BCUT2D eigenvalue weighted by Crippen LogP contribution is -2.26. The fraction of sp³-hybridized carbons (Fsp3) is 0.273. The number of nitrogens with two attached hydrogens (primary N) is 1. The quantitative estimate of drug-likeness (QED) is 0.748. The number of amides is 1. The van der Waals surface area contributed by atoms with Crippen LogP contribution in [0.5, 0.6) is 0 Å². The molecule has 1 atom stereocenters. The Hall–Kier alpha value is -2.11. The Morgan fingerprint density at radius 2 is 2.24 bits per heavy atom. The number of hydrogen-bond donors (Lipinski definition) is 2. The van der Waals surface area contributed by atoms with Crippen molar-refractivity contribution in [2.75, 3.05) is 17.2 Å². The number of hydrogen-bond acceptors (Lipinski definition) is 3. The number of anilines is 2. The summed E-state index contributed by atoms with van der Waals surface area (Å²) in [6.07, 6.45) is -0.0981. The molecule has 1 unspecified atom stereocenters. The third-order valence-corrected chi connectivity index (χ3v) is 2.74. The average molecular weight is 238 g/mol. The first-order valence-corrected chi connectivity index (χ1v) is 5.07. The zero-order chi connectivity index (χ0) is 12.6. The molecule has 1 aliphatic heterocycles. The van der Waals surface area contributed by atoms with Gasteiger partial charge >= 0.3 is 5.97 Å². The highest BCUT2D eigenvalue weighted by molar-refractivity contribution is 5.99. The summed E-state index contributed by atoms with van der Waals surface area (Å²) in [5.74, 6) is -2.83. The van der Waals surface area contributed by atoms with Crippen molar-refractivity contribution in [1.29, 1.82) is 0 Å². The smallest absolute Gasteiger partial charge is 0.308 e. The van der Waals surface area contributed by atoms with E-state index in [0.717, 1.165) is 11.0 Å². The standard InChI is InChI=1S/C11H11FN2O3/c12-8-4-7(13)1-2-9(8)14-5-6(11(16)17)3-10(14)15/h1-2,4,6H,3,5,13H2,(H,16,17). The normalized spacial score (nSPS) is 19.7. The molecule has 0 radical (unpaired) electrons. The molecule has 3 N–H and O–H groups in total. The number of benzene rings is 1. The molecule has 1 aliphatic rings. The van der Waals surface area contributed by atoms with Crippen LogP contribution in [0.25, 0.3) is 0 Å². The molecule has 0 spiro atoms. The van der Waals surface area contributed by atoms with Gasteiger partial charge in [0.2, 0.25) is 5.91 Å². The Kier molecular flexibility index (Phi) is 2.71. The van der Waals surface area contributed by atoms with Gasteiger partial charge in [0.05, 0.1) is 11.6 Å². The number of aliphatic carboxylic acids is 1. The molecule has 1 aromatic rings. The lowest BCUT2D eigenvalue weighted by molar-refractivity contribution is -0.141. The molecule has 1 aromatic carbocycles. The lowest BCUT2D eigenvalue weighted by atomic mass is 10.1. The van der Waals surface area contributed by atoms with Crippen LogP contribution in [0.1, 0.15) is 6.42 Å². The zero-order valence-corrected chi connectivity index (χ0v) is 8.89. The number of carboxylic acid groups (broad SMARTS) is 1. The van der Waals surface area contributed by atoms with E-state index in [2.05, 4.69) is 0 Å². The molecule has 17 heavy (non-hydrogen) atoms. The summed E-state index contributed by atoms with van der Waals surface area (Å²) in [4.78, 5) is 23.5. The lowest BCUT2D eigenvalue weighted by Gasteiger charge is -2.17. The number of nitrogens with zero attached hydrogens (tertiary/aromatic N) is 1. The van der Waals surface area contributed by atoms with Gasteiger partial charge < -0.3 is 15.7 Å².